The molecule has 0 aromatic heterocycles. The fourth-order valence-electron chi connectivity index (χ4n) is 2.81. The minimum Gasteiger partial charge on any atom is -0.507 e. The maximum Gasteiger partial charge on any atom is 0.296 e. The van der Waals surface area contributed by atoms with Gasteiger partial charge in [0.1, 0.15) is 10.6 Å². The number of hydrogen-bond acceptors (Lipinski definition) is 3. The Labute approximate surface area is 177 Å². The summed E-state index contributed by atoms with van der Waals surface area (Å²) in [7, 11) is -4.30. The molecule has 0 aliphatic carbocycles. The molecular formula is C22H17IO4S. The molecule has 6 heteroatoms. The molecular weight excluding hydrogens is 487 g/mol. The van der Waals surface area contributed by atoms with Gasteiger partial charge in [0.15, 0.2) is 0 Å². The molecule has 0 radical (unpaired) electrons. The molecule has 0 unspecified atom stereocenters. The first kappa shape index (κ1) is 20.3. The van der Waals surface area contributed by atoms with Crippen molar-refractivity contribution >= 4 is 43.5 Å². The van der Waals surface area contributed by atoms with E-state index in [1.165, 1.54) is 29.3 Å². The molecule has 4 nitrogen and oxygen atoms in total. The second-order valence-electron chi connectivity index (χ2n) is 5.96. The molecule has 0 fully saturated rings. The minimum atomic E-state index is -4.30. The van der Waals surface area contributed by atoms with Gasteiger partial charge in [0.25, 0.3) is 10.1 Å². The van der Waals surface area contributed by atoms with E-state index in [0.717, 1.165) is 0 Å². The number of fused-ring (bicyclic) bond motifs is 1. The van der Waals surface area contributed by atoms with Gasteiger partial charge in [-0.2, -0.15) is 8.42 Å². The molecule has 142 valence electrons. The zero-order chi connectivity index (χ0) is 20.1. The first-order chi connectivity index (χ1) is 13.4. The Balaban J connectivity index is 0.000000167. The van der Waals surface area contributed by atoms with Crippen molar-refractivity contribution in [3.8, 4) is 16.9 Å². The first-order valence-corrected chi connectivity index (χ1v) is 10.9. The van der Waals surface area contributed by atoms with Crippen LogP contribution in [0.1, 0.15) is 0 Å². The predicted molar refractivity (Wildman–Crippen MR) is 120 cm³/mol. The summed E-state index contributed by atoms with van der Waals surface area (Å²) in [6.45, 7) is 0. The molecule has 0 aliphatic rings. The fourth-order valence-corrected chi connectivity index (χ4v) is 4.89. The number of rotatable bonds is 2. The van der Waals surface area contributed by atoms with Crippen LogP contribution in [-0.4, -0.2) is 18.1 Å². The van der Waals surface area contributed by atoms with E-state index in [9.17, 15) is 13.5 Å². The van der Waals surface area contributed by atoms with Crippen molar-refractivity contribution in [3.63, 3.8) is 0 Å². The number of phenolic OH excluding ortho intramolecular Hbond substituents is 1. The standard InChI is InChI=1S/C12H10.C10H7IO4S/c1-3-7-11(8-4-1)12-9-5-2-6-10-12;11-8-5-4-6-7(2-1-3-9(6)12)10(8)16(13,14)15/h1-10H;1-5,12H,(H,13,14,15). The lowest BCUT2D eigenvalue weighted by Gasteiger charge is -2.07. The summed E-state index contributed by atoms with van der Waals surface area (Å²) in [5, 5.41) is 10.3. The van der Waals surface area contributed by atoms with E-state index in [1.54, 1.807) is 12.1 Å². The van der Waals surface area contributed by atoms with Gasteiger partial charge in [-0.3, -0.25) is 4.55 Å². The predicted octanol–water partition coefficient (Wildman–Crippen LogP) is 5.75. The van der Waals surface area contributed by atoms with E-state index >= 15 is 0 Å². The Hall–Kier alpha value is -2.42. The van der Waals surface area contributed by atoms with Crippen LogP contribution in [0.25, 0.3) is 21.9 Å². The summed E-state index contributed by atoms with van der Waals surface area (Å²) in [6.07, 6.45) is 0. The van der Waals surface area contributed by atoms with Crippen LogP contribution in [0.3, 0.4) is 0 Å². The SMILES string of the molecule is O=S(=O)(O)c1c(I)ccc2c(O)cccc12.c1ccc(-c2ccccc2)cc1. The van der Waals surface area contributed by atoms with Crippen LogP contribution in [0.4, 0.5) is 0 Å². The van der Waals surface area contributed by atoms with Gasteiger partial charge in [0.05, 0.1) is 0 Å². The third kappa shape index (κ3) is 4.70. The van der Waals surface area contributed by atoms with Crippen molar-refractivity contribution in [3.05, 3.63) is 94.6 Å². The van der Waals surface area contributed by atoms with Crippen LogP contribution < -0.4 is 0 Å². The minimum absolute atomic E-state index is 0.0150. The Bertz CT molecular complexity index is 1150. The van der Waals surface area contributed by atoms with Gasteiger partial charge < -0.3 is 5.11 Å². The molecule has 4 aromatic carbocycles. The molecule has 0 atom stereocenters. The second-order valence-corrected chi connectivity index (χ2v) is 8.48. The molecule has 0 saturated heterocycles. The van der Waals surface area contributed by atoms with E-state index in [4.69, 9.17) is 4.55 Å². The van der Waals surface area contributed by atoms with E-state index in [2.05, 4.69) is 48.5 Å². The molecule has 0 saturated carbocycles. The van der Waals surface area contributed by atoms with Crippen LogP contribution in [0.5, 0.6) is 5.75 Å². The first-order valence-electron chi connectivity index (χ1n) is 8.36. The maximum absolute atomic E-state index is 11.2. The Morgan fingerprint density at radius 1 is 0.643 bits per heavy atom. The fraction of sp³-hybridized carbons (Fsp3) is 0. The van der Waals surface area contributed by atoms with Gasteiger partial charge in [-0.25, -0.2) is 0 Å². The molecule has 0 bridgehead atoms. The molecule has 0 spiro atoms. The lowest BCUT2D eigenvalue weighted by Crippen LogP contribution is -2.01. The normalized spacial score (nSPS) is 10.9. The molecule has 28 heavy (non-hydrogen) atoms. The molecule has 0 amide bonds. The van der Waals surface area contributed by atoms with Crippen molar-refractivity contribution in [2.45, 2.75) is 4.90 Å². The van der Waals surface area contributed by atoms with Crippen LogP contribution in [0.2, 0.25) is 0 Å². The van der Waals surface area contributed by atoms with Gasteiger partial charge >= 0.3 is 0 Å². The van der Waals surface area contributed by atoms with Crippen LogP contribution >= 0.6 is 22.6 Å². The molecule has 0 heterocycles. The molecule has 2 N–H and O–H groups in total. The van der Waals surface area contributed by atoms with Crippen LogP contribution in [-0.2, 0) is 10.1 Å². The maximum atomic E-state index is 11.2. The van der Waals surface area contributed by atoms with E-state index in [1.807, 2.05) is 34.7 Å². The monoisotopic (exact) mass is 504 g/mol. The summed E-state index contributed by atoms with van der Waals surface area (Å²) in [6, 6.07) is 28.5. The van der Waals surface area contributed by atoms with Crippen molar-refractivity contribution in [1.82, 2.24) is 0 Å². The summed E-state index contributed by atoms with van der Waals surface area (Å²) in [5.41, 5.74) is 2.55. The van der Waals surface area contributed by atoms with Crippen molar-refractivity contribution in [2.24, 2.45) is 0 Å². The lowest BCUT2D eigenvalue weighted by molar-refractivity contribution is 0.481. The highest BCUT2D eigenvalue weighted by Crippen LogP contribution is 2.32. The quantitative estimate of drug-likeness (QED) is 0.269. The van der Waals surface area contributed by atoms with Crippen molar-refractivity contribution < 1.29 is 18.1 Å². The van der Waals surface area contributed by atoms with Gasteiger partial charge in [0.2, 0.25) is 0 Å². The smallest absolute Gasteiger partial charge is 0.296 e. The lowest BCUT2D eigenvalue weighted by atomic mass is 10.1. The Morgan fingerprint density at radius 3 is 1.68 bits per heavy atom. The number of benzene rings is 4. The van der Waals surface area contributed by atoms with Gasteiger partial charge in [0, 0.05) is 14.3 Å². The highest BCUT2D eigenvalue weighted by atomic mass is 127. The molecule has 4 aromatic rings. The highest BCUT2D eigenvalue weighted by Gasteiger charge is 2.18. The number of hydrogen-bond donors (Lipinski definition) is 2. The van der Waals surface area contributed by atoms with Crippen LogP contribution in [0, 0.1) is 3.57 Å². The van der Waals surface area contributed by atoms with E-state index < -0.39 is 10.1 Å². The Kier molecular flexibility index (Phi) is 6.33. The number of aromatic hydroxyl groups is 1. The van der Waals surface area contributed by atoms with Gasteiger partial charge in [-0.05, 0) is 51.9 Å². The summed E-state index contributed by atoms with van der Waals surface area (Å²) < 4.78 is 32.1. The molecule has 0 aliphatic heterocycles. The largest absolute Gasteiger partial charge is 0.507 e. The Morgan fingerprint density at radius 2 is 1.18 bits per heavy atom. The number of halogens is 1. The van der Waals surface area contributed by atoms with Gasteiger partial charge in [-0.1, -0.05) is 72.8 Å². The zero-order valence-corrected chi connectivity index (χ0v) is 17.6. The van der Waals surface area contributed by atoms with Crippen molar-refractivity contribution in [1.29, 1.82) is 0 Å². The average Bonchev–Trinajstić information content (AvgIpc) is 2.69. The highest BCUT2D eigenvalue weighted by molar-refractivity contribution is 14.1. The van der Waals surface area contributed by atoms with Crippen LogP contribution in [0.15, 0.2) is 95.9 Å². The second kappa shape index (κ2) is 8.72. The van der Waals surface area contributed by atoms with Crippen molar-refractivity contribution in [2.75, 3.05) is 0 Å². The zero-order valence-electron chi connectivity index (χ0n) is 14.7. The average molecular weight is 504 g/mol. The van der Waals surface area contributed by atoms with Gasteiger partial charge in [-0.15, -0.1) is 0 Å². The number of phenols is 1. The summed E-state index contributed by atoms with van der Waals surface area (Å²) >= 11 is 1.82. The van der Waals surface area contributed by atoms with E-state index in [-0.39, 0.29) is 10.6 Å². The van der Waals surface area contributed by atoms with E-state index in [0.29, 0.717) is 14.3 Å². The summed E-state index contributed by atoms with van der Waals surface area (Å²) in [4.78, 5) is -0.165. The summed E-state index contributed by atoms with van der Waals surface area (Å²) in [5.74, 6) is -0.0150. The topological polar surface area (TPSA) is 74.6 Å². The third-order valence-corrected chi connectivity index (χ3v) is 6.30. The third-order valence-electron chi connectivity index (χ3n) is 4.08. The molecule has 4 rings (SSSR count).